The number of nitriles is 1. The second-order valence-electron chi connectivity index (χ2n) is 3.96. The topological polar surface area (TPSA) is 40.9 Å². The molecule has 0 aliphatic rings. The molecule has 2 aromatic rings. The van der Waals surface area contributed by atoms with Gasteiger partial charge in [0.25, 0.3) is 0 Å². The number of ketones is 1. The molecule has 19 heavy (non-hydrogen) atoms. The van der Waals surface area contributed by atoms with Crippen molar-refractivity contribution in [2.24, 2.45) is 0 Å². The summed E-state index contributed by atoms with van der Waals surface area (Å²) in [5.74, 6) is -2.13. The zero-order valence-electron chi connectivity index (χ0n) is 9.81. The number of carbonyl (C=O) groups is 1. The molecular formula is C15H9BrFNO. The molecule has 0 heterocycles. The molecule has 94 valence electrons. The van der Waals surface area contributed by atoms with Gasteiger partial charge in [-0.15, -0.1) is 0 Å². The largest absolute Gasteiger partial charge is 0.292 e. The van der Waals surface area contributed by atoms with Gasteiger partial charge >= 0.3 is 0 Å². The van der Waals surface area contributed by atoms with E-state index in [9.17, 15) is 9.18 Å². The third-order valence-electron chi connectivity index (χ3n) is 2.73. The Kier molecular flexibility index (Phi) is 4.08. The number of rotatable bonds is 3. The van der Waals surface area contributed by atoms with E-state index in [1.54, 1.807) is 30.3 Å². The molecule has 4 heteroatoms. The highest BCUT2D eigenvalue weighted by Crippen LogP contribution is 2.23. The van der Waals surface area contributed by atoms with E-state index in [1.807, 2.05) is 6.07 Å². The first-order valence-electron chi connectivity index (χ1n) is 5.57. The van der Waals surface area contributed by atoms with E-state index >= 15 is 0 Å². The Morgan fingerprint density at radius 3 is 2.37 bits per heavy atom. The third kappa shape index (κ3) is 2.88. The Bertz CT molecular complexity index is 646. The van der Waals surface area contributed by atoms with Gasteiger partial charge in [-0.05, 0) is 29.8 Å². The Balaban J connectivity index is 2.38. The molecule has 2 rings (SSSR count). The summed E-state index contributed by atoms with van der Waals surface area (Å²) in [7, 11) is 0. The van der Waals surface area contributed by atoms with Gasteiger partial charge in [-0.3, -0.25) is 4.79 Å². The second kappa shape index (κ2) is 5.77. The van der Waals surface area contributed by atoms with Gasteiger partial charge in [0.1, 0.15) is 11.7 Å². The lowest BCUT2D eigenvalue weighted by atomic mass is 9.92. The number of halogens is 2. The summed E-state index contributed by atoms with van der Waals surface area (Å²) in [6.45, 7) is 0. The molecule has 1 unspecified atom stereocenters. The number of nitrogens with zero attached hydrogens (tertiary/aromatic N) is 1. The van der Waals surface area contributed by atoms with Gasteiger partial charge in [-0.1, -0.05) is 40.2 Å². The van der Waals surface area contributed by atoms with E-state index in [0.717, 1.165) is 4.47 Å². The first-order valence-corrected chi connectivity index (χ1v) is 6.36. The van der Waals surface area contributed by atoms with Crippen molar-refractivity contribution in [3.8, 4) is 6.07 Å². The molecule has 0 spiro atoms. The predicted molar refractivity (Wildman–Crippen MR) is 73.2 cm³/mol. The van der Waals surface area contributed by atoms with Crippen molar-refractivity contribution in [3.63, 3.8) is 0 Å². The quantitative estimate of drug-likeness (QED) is 0.800. The summed E-state index contributed by atoms with van der Waals surface area (Å²) >= 11 is 3.28. The van der Waals surface area contributed by atoms with Crippen LogP contribution >= 0.6 is 15.9 Å². The maximum atomic E-state index is 13.6. The van der Waals surface area contributed by atoms with Crippen molar-refractivity contribution in [1.29, 1.82) is 5.26 Å². The summed E-state index contributed by atoms with van der Waals surface area (Å²) in [6.07, 6.45) is 0. The summed E-state index contributed by atoms with van der Waals surface area (Å²) in [4.78, 5) is 12.2. The molecule has 0 saturated heterocycles. The molecule has 0 N–H and O–H groups in total. The van der Waals surface area contributed by atoms with Crippen LogP contribution in [0.4, 0.5) is 4.39 Å². The highest BCUT2D eigenvalue weighted by Gasteiger charge is 2.23. The van der Waals surface area contributed by atoms with E-state index in [1.165, 1.54) is 18.2 Å². The predicted octanol–water partition coefficient (Wildman–Crippen LogP) is 4.08. The molecule has 0 aliphatic carbocycles. The van der Waals surface area contributed by atoms with Gasteiger partial charge in [0.15, 0.2) is 5.78 Å². The number of hydrogen-bond donors (Lipinski definition) is 0. The summed E-state index contributed by atoms with van der Waals surface area (Å²) in [6, 6.07) is 14.5. The summed E-state index contributed by atoms with van der Waals surface area (Å²) in [5, 5.41) is 9.17. The van der Waals surface area contributed by atoms with Crippen molar-refractivity contribution < 1.29 is 9.18 Å². The van der Waals surface area contributed by atoms with Gasteiger partial charge in [0.05, 0.1) is 11.6 Å². The molecule has 2 aromatic carbocycles. The number of carbonyl (C=O) groups excluding carboxylic acids is 1. The first-order chi connectivity index (χ1) is 9.13. The monoisotopic (exact) mass is 317 g/mol. The lowest BCUT2D eigenvalue weighted by Gasteiger charge is -2.09. The third-order valence-corrected chi connectivity index (χ3v) is 3.26. The molecule has 0 aliphatic heterocycles. The number of Topliss-reactive ketones (excluding diaryl/α,β-unsaturated/α-hetero) is 1. The SMILES string of the molecule is N#CC(C(=O)c1ccccc1F)c1ccc(Br)cc1. The molecule has 0 radical (unpaired) electrons. The zero-order valence-corrected chi connectivity index (χ0v) is 11.4. The molecule has 0 amide bonds. The van der Waals surface area contributed by atoms with Crippen LogP contribution in [0.25, 0.3) is 0 Å². The van der Waals surface area contributed by atoms with Gasteiger partial charge in [0.2, 0.25) is 0 Å². The van der Waals surface area contributed by atoms with Crippen molar-refractivity contribution in [3.05, 3.63) is 69.9 Å². The Morgan fingerprint density at radius 2 is 1.79 bits per heavy atom. The minimum Gasteiger partial charge on any atom is -0.292 e. The molecule has 2 nitrogen and oxygen atoms in total. The standard InChI is InChI=1S/C15H9BrFNO/c16-11-7-5-10(6-8-11)13(9-18)15(19)12-3-1-2-4-14(12)17/h1-8,13H. The van der Waals surface area contributed by atoms with E-state index in [2.05, 4.69) is 15.9 Å². The lowest BCUT2D eigenvalue weighted by Crippen LogP contribution is -2.12. The van der Waals surface area contributed by atoms with Crippen LogP contribution < -0.4 is 0 Å². The Morgan fingerprint density at radius 1 is 1.16 bits per heavy atom. The van der Waals surface area contributed by atoms with Crippen molar-refractivity contribution in [2.75, 3.05) is 0 Å². The minimum absolute atomic E-state index is 0.0584. The lowest BCUT2D eigenvalue weighted by molar-refractivity contribution is 0.0975. The smallest absolute Gasteiger partial charge is 0.187 e. The van der Waals surface area contributed by atoms with E-state index in [-0.39, 0.29) is 5.56 Å². The minimum atomic E-state index is -0.995. The van der Waals surface area contributed by atoms with Crippen LogP contribution in [0.15, 0.2) is 53.0 Å². The van der Waals surface area contributed by atoms with E-state index in [0.29, 0.717) is 5.56 Å². The fraction of sp³-hybridized carbons (Fsp3) is 0.0667. The summed E-state index contributed by atoms with van der Waals surface area (Å²) < 4.78 is 14.4. The van der Waals surface area contributed by atoms with Gasteiger partial charge in [-0.2, -0.15) is 5.26 Å². The number of hydrogen-bond acceptors (Lipinski definition) is 2. The Hall–Kier alpha value is -1.99. The van der Waals surface area contributed by atoms with Crippen LogP contribution in [0.1, 0.15) is 21.8 Å². The molecular weight excluding hydrogens is 309 g/mol. The maximum Gasteiger partial charge on any atom is 0.187 e. The van der Waals surface area contributed by atoms with Crippen molar-refractivity contribution in [1.82, 2.24) is 0 Å². The highest BCUT2D eigenvalue weighted by molar-refractivity contribution is 9.10. The molecule has 0 aromatic heterocycles. The summed E-state index contributed by atoms with van der Waals surface area (Å²) in [5.41, 5.74) is 0.496. The Labute approximate surface area is 118 Å². The van der Waals surface area contributed by atoms with Crippen molar-refractivity contribution in [2.45, 2.75) is 5.92 Å². The molecule has 0 bridgehead atoms. The van der Waals surface area contributed by atoms with Crippen LogP contribution in [-0.2, 0) is 0 Å². The van der Waals surface area contributed by atoms with Crippen LogP contribution in [0.5, 0.6) is 0 Å². The normalized spacial score (nSPS) is 11.6. The average molecular weight is 318 g/mol. The van der Waals surface area contributed by atoms with E-state index in [4.69, 9.17) is 5.26 Å². The van der Waals surface area contributed by atoms with Gasteiger partial charge < -0.3 is 0 Å². The first kappa shape index (κ1) is 13.4. The van der Waals surface area contributed by atoms with Gasteiger partial charge in [0, 0.05) is 4.47 Å². The second-order valence-corrected chi connectivity index (χ2v) is 4.87. The van der Waals surface area contributed by atoms with Crippen LogP contribution in [0.3, 0.4) is 0 Å². The zero-order chi connectivity index (χ0) is 13.8. The molecule has 1 atom stereocenters. The van der Waals surface area contributed by atoms with Crippen LogP contribution in [0, 0.1) is 17.1 Å². The maximum absolute atomic E-state index is 13.6. The van der Waals surface area contributed by atoms with Crippen LogP contribution in [0.2, 0.25) is 0 Å². The molecule has 0 saturated carbocycles. The fourth-order valence-electron chi connectivity index (χ4n) is 1.76. The van der Waals surface area contributed by atoms with Crippen molar-refractivity contribution >= 4 is 21.7 Å². The van der Waals surface area contributed by atoms with Crippen LogP contribution in [-0.4, -0.2) is 5.78 Å². The average Bonchev–Trinajstić information content (AvgIpc) is 2.42. The molecule has 0 fully saturated rings. The van der Waals surface area contributed by atoms with E-state index < -0.39 is 17.5 Å². The highest BCUT2D eigenvalue weighted by atomic mass is 79.9. The fourth-order valence-corrected chi connectivity index (χ4v) is 2.02. The number of benzene rings is 2. The van der Waals surface area contributed by atoms with Gasteiger partial charge in [-0.25, -0.2) is 4.39 Å².